The number of amides is 1. The van der Waals surface area contributed by atoms with Crippen LogP contribution in [0, 0.1) is 17.7 Å². The van der Waals surface area contributed by atoms with E-state index in [1.807, 2.05) is 11.0 Å². The van der Waals surface area contributed by atoms with Gasteiger partial charge in [0.05, 0.1) is 12.6 Å². The first-order chi connectivity index (χ1) is 18.1. The van der Waals surface area contributed by atoms with E-state index >= 15 is 0 Å². The minimum Gasteiger partial charge on any atom is -0.493 e. The molecule has 2 saturated heterocycles. The predicted octanol–water partition coefficient (Wildman–Crippen LogP) is 3.54. The van der Waals surface area contributed by atoms with E-state index in [0.717, 1.165) is 38.9 Å². The molecule has 3 aliphatic rings. The molecule has 2 heterocycles. The van der Waals surface area contributed by atoms with Gasteiger partial charge in [0.25, 0.3) is 0 Å². The second-order valence-corrected chi connectivity index (χ2v) is 11.0. The number of likely N-dealkylation sites (tertiary alicyclic amines) is 1. The zero-order chi connectivity index (χ0) is 25.6. The van der Waals surface area contributed by atoms with Crippen LogP contribution in [0.5, 0.6) is 5.75 Å². The van der Waals surface area contributed by atoms with Gasteiger partial charge in [-0.05, 0) is 74.7 Å². The average Bonchev–Trinajstić information content (AvgIpc) is 3.77. The zero-order valence-electron chi connectivity index (χ0n) is 21.9. The van der Waals surface area contributed by atoms with Crippen LogP contribution in [0.4, 0.5) is 4.39 Å². The molecular weight excluding hydrogens is 467 g/mol. The van der Waals surface area contributed by atoms with Crippen molar-refractivity contribution in [1.82, 2.24) is 14.7 Å². The fourth-order valence-electron chi connectivity index (χ4n) is 5.55. The lowest BCUT2D eigenvalue weighted by molar-refractivity contribution is -0.136. The average molecular weight is 509 g/mol. The van der Waals surface area contributed by atoms with Gasteiger partial charge in [0.15, 0.2) is 0 Å². The number of hydrogen-bond acceptors (Lipinski definition) is 5. The number of piperazine rings is 1. The van der Waals surface area contributed by atoms with Gasteiger partial charge in [-0.2, -0.15) is 0 Å². The lowest BCUT2D eigenvalue weighted by atomic mass is 9.88. The van der Waals surface area contributed by atoms with Gasteiger partial charge in [0, 0.05) is 44.8 Å². The first-order valence-corrected chi connectivity index (χ1v) is 14.0. The van der Waals surface area contributed by atoms with Gasteiger partial charge in [-0.1, -0.05) is 36.4 Å². The van der Waals surface area contributed by atoms with Gasteiger partial charge in [-0.25, -0.2) is 4.39 Å². The van der Waals surface area contributed by atoms with Crippen LogP contribution in [0.15, 0.2) is 48.5 Å². The normalized spacial score (nSPS) is 20.6. The van der Waals surface area contributed by atoms with Gasteiger partial charge in [0.2, 0.25) is 5.91 Å². The molecule has 1 atom stereocenters. The number of piperidine rings is 1. The Labute approximate surface area is 220 Å². The Bertz CT molecular complexity index is 1020. The highest BCUT2D eigenvalue weighted by Gasteiger charge is 2.33. The lowest BCUT2D eigenvalue weighted by Crippen LogP contribution is -2.55. The Morgan fingerprint density at radius 3 is 2.35 bits per heavy atom. The Morgan fingerprint density at radius 1 is 0.919 bits per heavy atom. The van der Waals surface area contributed by atoms with Gasteiger partial charge >= 0.3 is 0 Å². The van der Waals surface area contributed by atoms with E-state index in [2.05, 4.69) is 40.1 Å². The van der Waals surface area contributed by atoms with Crippen molar-refractivity contribution in [2.45, 2.75) is 44.7 Å². The second kappa shape index (κ2) is 12.4. The van der Waals surface area contributed by atoms with E-state index in [0.29, 0.717) is 56.6 Å². The maximum absolute atomic E-state index is 14.6. The molecule has 2 aromatic carbocycles. The largest absolute Gasteiger partial charge is 0.493 e. The summed E-state index contributed by atoms with van der Waals surface area (Å²) in [6.07, 6.45) is 5.41. The number of ether oxygens (including phenoxy) is 1. The summed E-state index contributed by atoms with van der Waals surface area (Å²) in [6, 6.07) is 15.2. The van der Waals surface area contributed by atoms with Crippen LogP contribution in [-0.4, -0.2) is 79.1 Å². The molecule has 200 valence electrons. The van der Waals surface area contributed by atoms with E-state index in [9.17, 15) is 9.18 Å². The topological polar surface area (TPSA) is 62.0 Å². The molecule has 3 fully saturated rings. The summed E-state index contributed by atoms with van der Waals surface area (Å²) in [7, 11) is 0. The van der Waals surface area contributed by atoms with Crippen LogP contribution in [0.25, 0.3) is 0 Å². The minimum absolute atomic E-state index is 0.0710. The van der Waals surface area contributed by atoms with E-state index < -0.39 is 6.04 Å². The van der Waals surface area contributed by atoms with Crippen molar-refractivity contribution in [2.75, 3.05) is 52.4 Å². The van der Waals surface area contributed by atoms with Crippen LogP contribution in [-0.2, 0) is 17.8 Å². The summed E-state index contributed by atoms with van der Waals surface area (Å²) in [4.78, 5) is 19.8. The first-order valence-electron chi connectivity index (χ1n) is 14.0. The standard InChI is InChI=1S/C30H41FN4O2/c31-27-7-4-8-28(37-22-24-9-10-24)26(27)21-34-17-19-35(20-18-34)30(36)29(32)25-12-15-33(16-13-25)14-11-23-5-2-1-3-6-23/h1-8,24-25,29H,9-22,32H2/t29-/m1/s1. The molecule has 0 unspecified atom stereocenters. The third-order valence-corrected chi connectivity index (χ3v) is 8.30. The van der Waals surface area contributed by atoms with Gasteiger partial charge in [0.1, 0.15) is 11.6 Å². The summed E-state index contributed by atoms with van der Waals surface area (Å²) in [6.45, 7) is 6.92. The summed E-state index contributed by atoms with van der Waals surface area (Å²) >= 11 is 0. The van der Waals surface area contributed by atoms with Crippen molar-refractivity contribution >= 4 is 5.91 Å². The molecule has 0 spiro atoms. The molecule has 1 amide bonds. The smallest absolute Gasteiger partial charge is 0.239 e. The molecule has 2 aromatic rings. The van der Waals surface area contributed by atoms with Crippen molar-refractivity contribution in [3.8, 4) is 5.75 Å². The molecule has 1 saturated carbocycles. The quantitative estimate of drug-likeness (QED) is 0.532. The van der Waals surface area contributed by atoms with Crippen LogP contribution in [0.2, 0.25) is 0 Å². The molecule has 0 radical (unpaired) electrons. The Balaban J connectivity index is 1.05. The van der Waals surface area contributed by atoms with Crippen molar-refractivity contribution in [1.29, 1.82) is 0 Å². The summed E-state index contributed by atoms with van der Waals surface area (Å²) in [5, 5.41) is 0. The fraction of sp³-hybridized carbons (Fsp3) is 0.567. The minimum atomic E-state index is -0.434. The predicted molar refractivity (Wildman–Crippen MR) is 144 cm³/mol. The van der Waals surface area contributed by atoms with E-state index in [1.165, 1.54) is 24.5 Å². The molecule has 37 heavy (non-hydrogen) atoms. The molecule has 2 N–H and O–H groups in total. The molecule has 7 heteroatoms. The monoisotopic (exact) mass is 508 g/mol. The van der Waals surface area contributed by atoms with E-state index in [-0.39, 0.29) is 17.6 Å². The maximum Gasteiger partial charge on any atom is 0.239 e. The number of carbonyl (C=O) groups is 1. The van der Waals surface area contributed by atoms with Crippen LogP contribution in [0.1, 0.15) is 36.8 Å². The lowest BCUT2D eigenvalue weighted by Gasteiger charge is -2.39. The second-order valence-electron chi connectivity index (χ2n) is 11.0. The van der Waals surface area contributed by atoms with E-state index in [1.54, 1.807) is 6.07 Å². The number of nitrogens with zero attached hydrogens (tertiary/aromatic N) is 3. The first kappa shape index (κ1) is 26.1. The summed E-state index contributed by atoms with van der Waals surface area (Å²) in [5.41, 5.74) is 8.50. The highest BCUT2D eigenvalue weighted by molar-refractivity contribution is 5.82. The Morgan fingerprint density at radius 2 is 1.65 bits per heavy atom. The Hall–Kier alpha value is -2.48. The number of rotatable bonds is 10. The maximum atomic E-state index is 14.6. The molecule has 0 aromatic heterocycles. The Kier molecular flexibility index (Phi) is 8.74. The fourth-order valence-corrected chi connectivity index (χ4v) is 5.55. The summed E-state index contributed by atoms with van der Waals surface area (Å²) in [5.74, 6) is 1.37. The number of carbonyl (C=O) groups excluding carboxylic acids is 1. The van der Waals surface area contributed by atoms with Gasteiger partial charge in [-0.3, -0.25) is 9.69 Å². The molecule has 6 nitrogen and oxygen atoms in total. The van der Waals surface area contributed by atoms with Gasteiger partial charge in [-0.15, -0.1) is 0 Å². The third-order valence-electron chi connectivity index (χ3n) is 8.30. The number of hydrogen-bond donors (Lipinski definition) is 1. The SMILES string of the molecule is N[C@@H](C(=O)N1CCN(Cc2c(F)cccc2OCC2CC2)CC1)C1CCN(CCc2ccccc2)CC1. The van der Waals surface area contributed by atoms with Crippen molar-refractivity contribution in [2.24, 2.45) is 17.6 Å². The molecule has 1 aliphatic carbocycles. The van der Waals surface area contributed by atoms with Crippen molar-refractivity contribution < 1.29 is 13.9 Å². The van der Waals surface area contributed by atoms with E-state index in [4.69, 9.17) is 10.5 Å². The molecule has 5 rings (SSSR count). The van der Waals surface area contributed by atoms with Crippen LogP contribution in [0.3, 0.4) is 0 Å². The van der Waals surface area contributed by atoms with Crippen LogP contribution >= 0.6 is 0 Å². The molecule has 2 aliphatic heterocycles. The number of halogens is 1. The third kappa shape index (κ3) is 7.09. The molecule has 0 bridgehead atoms. The van der Waals surface area contributed by atoms with Crippen LogP contribution < -0.4 is 10.5 Å². The molecular formula is C30H41FN4O2. The summed E-state index contributed by atoms with van der Waals surface area (Å²) < 4.78 is 20.6. The highest BCUT2D eigenvalue weighted by Crippen LogP contribution is 2.31. The highest BCUT2D eigenvalue weighted by atomic mass is 19.1. The zero-order valence-corrected chi connectivity index (χ0v) is 21.9. The van der Waals surface area contributed by atoms with Gasteiger partial charge < -0.3 is 20.3 Å². The van der Waals surface area contributed by atoms with Crippen molar-refractivity contribution in [3.63, 3.8) is 0 Å². The number of nitrogens with two attached hydrogens (primary N) is 1. The number of benzene rings is 2. The van der Waals surface area contributed by atoms with Crippen molar-refractivity contribution in [3.05, 3.63) is 65.5 Å².